The van der Waals surface area contributed by atoms with Gasteiger partial charge in [0.15, 0.2) is 11.5 Å². The summed E-state index contributed by atoms with van der Waals surface area (Å²) in [4.78, 5) is 2.54. The molecular weight excluding hydrogens is 372 g/mol. The summed E-state index contributed by atoms with van der Waals surface area (Å²) in [7, 11) is 1.65. The van der Waals surface area contributed by atoms with Crippen molar-refractivity contribution in [1.82, 2.24) is 10.2 Å². The highest BCUT2D eigenvalue weighted by molar-refractivity contribution is 6.32. The fourth-order valence-corrected chi connectivity index (χ4v) is 4.07. The molecule has 1 heterocycles. The number of methoxy groups -OCH3 is 1. The van der Waals surface area contributed by atoms with Gasteiger partial charge in [0.1, 0.15) is 6.61 Å². The first-order valence-electron chi connectivity index (χ1n) is 10.1. The highest BCUT2D eigenvalue weighted by Gasteiger charge is 2.22. The smallest absolute Gasteiger partial charge is 0.180 e. The fourth-order valence-electron chi connectivity index (χ4n) is 3.78. The van der Waals surface area contributed by atoms with Gasteiger partial charge in [-0.15, -0.1) is 0 Å². The van der Waals surface area contributed by atoms with Gasteiger partial charge in [-0.3, -0.25) is 4.90 Å². The van der Waals surface area contributed by atoms with Gasteiger partial charge in [-0.25, -0.2) is 0 Å². The van der Waals surface area contributed by atoms with Crippen molar-refractivity contribution in [2.75, 3.05) is 26.7 Å². The molecule has 0 bridgehead atoms. The Kier molecular flexibility index (Phi) is 7.60. The molecule has 1 aliphatic heterocycles. The van der Waals surface area contributed by atoms with Crippen LogP contribution in [0.2, 0.25) is 5.02 Å². The second-order valence-corrected chi connectivity index (χ2v) is 7.85. The normalized spacial score (nSPS) is 17.1. The Morgan fingerprint density at radius 1 is 1.18 bits per heavy atom. The predicted molar refractivity (Wildman–Crippen MR) is 115 cm³/mol. The first kappa shape index (κ1) is 21.0. The molecule has 0 saturated carbocycles. The molecule has 0 radical (unpaired) electrons. The standard InChI is InChI=1S/C23H31ClN2O2/c1-4-26-11-5-6-20(26)15-25-14-19-12-21(24)23(22(13-19)27-3)28-16-18-9-7-17(2)8-10-18/h7-10,12-13,20,25H,4-6,11,14-16H2,1-3H3/t20-/m1/s1. The molecule has 0 aliphatic carbocycles. The van der Waals surface area contributed by atoms with E-state index in [1.165, 1.54) is 24.9 Å². The monoisotopic (exact) mass is 402 g/mol. The van der Waals surface area contributed by atoms with E-state index in [9.17, 15) is 0 Å². The maximum atomic E-state index is 6.52. The number of likely N-dealkylation sites (N-methyl/N-ethyl adjacent to an activating group) is 1. The van der Waals surface area contributed by atoms with Gasteiger partial charge in [-0.2, -0.15) is 0 Å². The lowest BCUT2D eigenvalue weighted by Gasteiger charge is -2.23. The molecule has 1 N–H and O–H groups in total. The second-order valence-electron chi connectivity index (χ2n) is 7.44. The Hall–Kier alpha value is -1.75. The number of nitrogens with zero attached hydrogens (tertiary/aromatic N) is 1. The van der Waals surface area contributed by atoms with E-state index in [4.69, 9.17) is 21.1 Å². The van der Waals surface area contributed by atoms with Crippen LogP contribution in [0.5, 0.6) is 11.5 Å². The van der Waals surface area contributed by atoms with Gasteiger partial charge in [0.25, 0.3) is 0 Å². The average molecular weight is 403 g/mol. The van der Waals surface area contributed by atoms with E-state index in [0.29, 0.717) is 29.2 Å². The molecule has 2 aromatic carbocycles. The first-order chi connectivity index (χ1) is 13.6. The molecule has 0 spiro atoms. The first-order valence-corrected chi connectivity index (χ1v) is 10.5. The number of benzene rings is 2. The van der Waals surface area contributed by atoms with Crippen LogP contribution in [-0.4, -0.2) is 37.7 Å². The highest BCUT2D eigenvalue weighted by atomic mass is 35.5. The maximum Gasteiger partial charge on any atom is 0.180 e. The molecule has 1 aliphatic rings. The van der Waals surface area contributed by atoms with Gasteiger partial charge in [-0.1, -0.05) is 48.4 Å². The summed E-state index contributed by atoms with van der Waals surface area (Å²) in [5.41, 5.74) is 3.44. The molecule has 1 fully saturated rings. The van der Waals surface area contributed by atoms with Crippen LogP contribution < -0.4 is 14.8 Å². The van der Waals surface area contributed by atoms with Gasteiger partial charge in [-0.05, 0) is 56.1 Å². The lowest BCUT2D eigenvalue weighted by atomic mass is 10.1. The summed E-state index contributed by atoms with van der Waals surface area (Å²) in [5, 5.41) is 4.16. The van der Waals surface area contributed by atoms with Crippen molar-refractivity contribution in [3.63, 3.8) is 0 Å². The van der Waals surface area contributed by atoms with E-state index in [2.05, 4.69) is 48.3 Å². The Balaban J connectivity index is 1.59. The molecule has 0 aromatic heterocycles. The number of ether oxygens (including phenoxy) is 2. The van der Waals surface area contributed by atoms with Crippen LogP contribution in [0.15, 0.2) is 36.4 Å². The third-order valence-electron chi connectivity index (χ3n) is 5.41. The van der Waals surface area contributed by atoms with Gasteiger partial charge < -0.3 is 14.8 Å². The summed E-state index contributed by atoms with van der Waals surface area (Å²) in [6.45, 7) is 8.88. The molecule has 4 nitrogen and oxygen atoms in total. The Labute approximate surface area is 173 Å². The van der Waals surface area contributed by atoms with Crippen molar-refractivity contribution in [3.8, 4) is 11.5 Å². The number of nitrogens with one attached hydrogen (secondary N) is 1. The van der Waals surface area contributed by atoms with Crippen LogP contribution >= 0.6 is 11.6 Å². The minimum absolute atomic E-state index is 0.461. The second kappa shape index (κ2) is 10.1. The van der Waals surface area contributed by atoms with Gasteiger partial charge >= 0.3 is 0 Å². The third-order valence-corrected chi connectivity index (χ3v) is 5.69. The zero-order chi connectivity index (χ0) is 19.9. The van der Waals surface area contributed by atoms with Crippen LogP contribution in [0.1, 0.15) is 36.5 Å². The predicted octanol–water partition coefficient (Wildman–Crippen LogP) is 4.81. The Morgan fingerprint density at radius 2 is 1.96 bits per heavy atom. The number of likely N-dealkylation sites (tertiary alicyclic amines) is 1. The van der Waals surface area contributed by atoms with Gasteiger partial charge in [0, 0.05) is 19.1 Å². The van der Waals surface area contributed by atoms with Crippen molar-refractivity contribution >= 4 is 11.6 Å². The Bertz CT molecular complexity index is 764. The molecule has 152 valence electrons. The zero-order valence-electron chi connectivity index (χ0n) is 17.1. The molecule has 1 saturated heterocycles. The van der Waals surface area contributed by atoms with Crippen molar-refractivity contribution < 1.29 is 9.47 Å². The molecular formula is C23H31ClN2O2. The number of aryl methyl sites for hydroxylation is 1. The lowest BCUT2D eigenvalue weighted by molar-refractivity contribution is 0.260. The van der Waals surface area contributed by atoms with Gasteiger partial charge in [0.2, 0.25) is 0 Å². The van der Waals surface area contributed by atoms with E-state index in [1.807, 2.05) is 12.1 Å². The summed E-state index contributed by atoms with van der Waals surface area (Å²) in [5.74, 6) is 1.27. The van der Waals surface area contributed by atoms with Crippen molar-refractivity contribution in [2.45, 2.75) is 45.9 Å². The van der Waals surface area contributed by atoms with E-state index >= 15 is 0 Å². The number of hydrogen-bond donors (Lipinski definition) is 1. The molecule has 0 unspecified atom stereocenters. The maximum absolute atomic E-state index is 6.52. The van der Waals surface area contributed by atoms with Crippen LogP contribution in [0.3, 0.4) is 0 Å². The topological polar surface area (TPSA) is 33.7 Å². The molecule has 3 rings (SSSR count). The molecule has 0 amide bonds. The van der Waals surface area contributed by atoms with Gasteiger partial charge in [0.05, 0.1) is 12.1 Å². The summed E-state index contributed by atoms with van der Waals surface area (Å²) < 4.78 is 11.5. The highest BCUT2D eigenvalue weighted by Crippen LogP contribution is 2.37. The number of rotatable bonds is 9. The quantitative estimate of drug-likeness (QED) is 0.652. The van der Waals surface area contributed by atoms with E-state index in [-0.39, 0.29) is 0 Å². The average Bonchev–Trinajstić information content (AvgIpc) is 3.15. The molecule has 5 heteroatoms. The van der Waals surface area contributed by atoms with E-state index in [0.717, 1.165) is 30.8 Å². The number of hydrogen-bond acceptors (Lipinski definition) is 4. The van der Waals surface area contributed by atoms with Crippen molar-refractivity contribution in [1.29, 1.82) is 0 Å². The van der Waals surface area contributed by atoms with Crippen LogP contribution in [0.4, 0.5) is 0 Å². The molecule has 1 atom stereocenters. The van der Waals surface area contributed by atoms with E-state index < -0.39 is 0 Å². The molecule has 28 heavy (non-hydrogen) atoms. The lowest BCUT2D eigenvalue weighted by Crippen LogP contribution is -2.37. The van der Waals surface area contributed by atoms with E-state index in [1.54, 1.807) is 7.11 Å². The zero-order valence-corrected chi connectivity index (χ0v) is 17.9. The minimum Gasteiger partial charge on any atom is -0.493 e. The summed E-state index contributed by atoms with van der Waals surface area (Å²) in [6.07, 6.45) is 2.57. The van der Waals surface area contributed by atoms with Crippen LogP contribution in [0, 0.1) is 6.92 Å². The van der Waals surface area contributed by atoms with Crippen LogP contribution in [-0.2, 0) is 13.2 Å². The molecule has 2 aromatic rings. The summed E-state index contributed by atoms with van der Waals surface area (Å²) >= 11 is 6.52. The third kappa shape index (κ3) is 5.40. The SMILES string of the molecule is CCN1CCC[C@@H]1CNCc1cc(Cl)c(OCc2ccc(C)cc2)c(OC)c1. The summed E-state index contributed by atoms with van der Waals surface area (Å²) in [6, 6.07) is 12.9. The minimum atomic E-state index is 0.461. The number of halogens is 1. The van der Waals surface area contributed by atoms with Crippen LogP contribution in [0.25, 0.3) is 0 Å². The largest absolute Gasteiger partial charge is 0.493 e. The Morgan fingerprint density at radius 3 is 2.68 bits per heavy atom. The van der Waals surface area contributed by atoms with Crippen molar-refractivity contribution in [3.05, 3.63) is 58.1 Å². The fraction of sp³-hybridized carbons (Fsp3) is 0.478. The van der Waals surface area contributed by atoms with Crippen molar-refractivity contribution in [2.24, 2.45) is 0 Å².